The van der Waals surface area contributed by atoms with Crippen molar-refractivity contribution in [3.05, 3.63) is 35.9 Å². The molecule has 122 valence electrons. The lowest BCUT2D eigenvalue weighted by molar-refractivity contribution is -0.267. The van der Waals surface area contributed by atoms with E-state index in [1.54, 1.807) is 0 Å². The average Bonchev–Trinajstić information content (AvgIpc) is 2.46. The van der Waals surface area contributed by atoms with E-state index in [2.05, 4.69) is 4.74 Å². The van der Waals surface area contributed by atoms with Gasteiger partial charge in [-0.1, -0.05) is 30.3 Å². The first-order valence-electron chi connectivity index (χ1n) is 6.67. The van der Waals surface area contributed by atoms with Crippen LogP contribution in [-0.2, 0) is 19.9 Å². The van der Waals surface area contributed by atoms with Crippen molar-refractivity contribution in [2.75, 3.05) is 6.61 Å². The minimum atomic E-state index is -5.06. The van der Waals surface area contributed by atoms with Gasteiger partial charge in [0.25, 0.3) is 0 Å². The molecule has 7 heteroatoms. The lowest BCUT2D eigenvalue weighted by Gasteiger charge is -2.31. The van der Waals surface area contributed by atoms with Crippen molar-refractivity contribution in [1.82, 2.24) is 0 Å². The molecular weight excluding hydrogens is 301 g/mol. The van der Waals surface area contributed by atoms with Gasteiger partial charge in [-0.05, 0) is 19.4 Å². The standard InChI is InChI=1S/C15H17F3O4/c1-3-22-13(20)10(2)12(19)9-14(21,15(16,17)18)11-7-5-4-6-8-11/h4-8,10,21H,3,9H2,1-2H3/t10-,14?/m1/s1. The zero-order valence-electron chi connectivity index (χ0n) is 12.2. The number of ether oxygens (including phenoxy) is 1. The molecule has 0 bridgehead atoms. The van der Waals surface area contributed by atoms with E-state index in [-0.39, 0.29) is 6.61 Å². The van der Waals surface area contributed by atoms with Gasteiger partial charge in [0.05, 0.1) is 6.61 Å². The maximum absolute atomic E-state index is 13.2. The summed E-state index contributed by atoms with van der Waals surface area (Å²) >= 11 is 0. The van der Waals surface area contributed by atoms with Crippen molar-refractivity contribution in [3.8, 4) is 0 Å². The first-order valence-corrected chi connectivity index (χ1v) is 6.67. The molecule has 1 rings (SSSR count). The molecule has 0 fully saturated rings. The number of benzene rings is 1. The molecule has 0 amide bonds. The Morgan fingerprint density at radius 3 is 2.23 bits per heavy atom. The number of hydrogen-bond donors (Lipinski definition) is 1. The Bertz CT molecular complexity index is 527. The molecule has 0 aliphatic carbocycles. The second-order valence-corrected chi connectivity index (χ2v) is 4.84. The van der Waals surface area contributed by atoms with Crippen LogP contribution in [0.3, 0.4) is 0 Å². The van der Waals surface area contributed by atoms with Gasteiger partial charge in [0.1, 0.15) is 11.7 Å². The van der Waals surface area contributed by atoms with Gasteiger partial charge in [0, 0.05) is 6.42 Å². The topological polar surface area (TPSA) is 63.6 Å². The third kappa shape index (κ3) is 3.85. The number of alkyl halides is 3. The van der Waals surface area contributed by atoms with Crippen LogP contribution in [0.25, 0.3) is 0 Å². The van der Waals surface area contributed by atoms with Crippen LogP contribution in [-0.4, -0.2) is 29.6 Å². The average molecular weight is 318 g/mol. The molecular formula is C15H17F3O4. The highest BCUT2D eigenvalue weighted by Crippen LogP contribution is 2.42. The zero-order valence-corrected chi connectivity index (χ0v) is 12.2. The van der Waals surface area contributed by atoms with Crippen molar-refractivity contribution in [3.63, 3.8) is 0 Å². The smallest absolute Gasteiger partial charge is 0.421 e. The van der Waals surface area contributed by atoms with Gasteiger partial charge < -0.3 is 9.84 Å². The van der Waals surface area contributed by atoms with E-state index in [4.69, 9.17) is 0 Å². The highest BCUT2D eigenvalue weighted by molar-refractivity contribution is 5.99. The number of aliphatic hydroxyl groups is 1. The third-order valence-corrected chi connectivity index (χ3v) is 3.27. The summed E-state index contributed by atoms with van der Waals surface area (Å²) in [4.78, 5) is 23.4. The van der Waals surface area contributed by atoms with Crippen molar-refractivity contribution in [2.24, 2.45) is 5.92 Å². The molecule has 0 spiro atoms. The Labute approximate surface area is 125 Å². The molecule has 4 nitrogen and oxygen atoms in total. The SMILES string of the molecule is CCOC(=O)[C@H](C)C(=O)CC(O)(c1ccccc1)C(F)(F)F. The van der Waals surface area contributed by atoms with E-state index in [0.29, 0.717) is 0 Å². The summed E-state index contributed by atoms with van der Waals surface area (Å²) in [6.07, 6.45) is -6.31. The Morgan fingerprint density at radius 2 is 1.77 bits per heavy atom. The van der Waals surface area contributed by atoms with Crippen molar-refractivity contribution >= 4 is 11.8 Å². The molecule has 2 atom stereocenters. The number of hydrogen-bond acceptors (Lipinski definition) is 4. The number of halogens is 3. The van der Waals surface area contributed by atoms with E-state index >= 15 is 0 Å². The summed E-state index contributed by atoms with van der Waals surface area (Å²) in [5.41, 5.74) is -3.79. The third-order valence-electron chi connectivity index (χ3n) is 3.27. The number of carbonyl (C=O) groups excluding carboxylic acids is 2. The van der Waals surface area contributed by atoms with Gasteiger partial charge in [-0.25, -0.2) is 0 Å². The summed E-state index contributed by atoms with van der Waals surface area (Å²) in [6.45, 7) is 2.69. The molecule has 1 aromatic carbocycles. The van der Waals surface area contributed by atoms with Gasteiger partial charge >= 0.3 is 12.1 Å². The van der Waals surface area contributed by atoms with E-state index in [0.717, 1.165) is 19.1 Å². The fourth-order valence-corrected chi connectivity index (χ4v) is 1.88. The molecule has 0 aliphatic rings. The Hall–Kier alpha value is -1.89. The molecule has 1 aromatic rings. The Morgan fingerprint density at radius 1 is 1.23 bits per heavy atom. The summed E-state index contributed by atoms with van der Waals surface area (Å²) in [5, 5.41) is 10.1. The van der Waals surface area contributed by atoms with Gasteiger partial charge in [-0.2, -0.15) is 13.2 Å². The van der Waals surface area contributed by atoms with E-state index in [9.17, 15) is 27.9 Å². The second kappa shape index (κ2) is 6.91. The molecule has 0 aromatic heterocycles. The molecule has 0 radical (unpaired) electrons. The summed E-state index contributed by atoms with van der Waals surface area (Å²) in [7, 11) is 0. The maximum atomic E-state index is 13.2. The summed E-state index contributed by atoms with van der Waals surface area (Å²) < 4.78 is 44.3. The number of Topliss-reactive ketones (excluding diaryl/α,β-unsaturated/α-hetero) is 1. The molecule has 0 heterocycles. The minimum Gasteiger partial charge on any atom is -0.465 e. The fraction of sp³-hybridized carbons (Fsp3) is 0.467. The van der Waals surface area contributed by atoms with Crippen LogP contribution >= 0.6 is 0 Å². The van der Waals surface area contributed by atoms with Crippen LogP contribution in [0.1, 0.15) is 25.8 Å². The highest BCUT2D eigenvalue weighted by atomic mass is 19.4. The van der Waals surface area contributed by atoms with Gasteiger partial charge in [0.15, 0.2) is 5.60 Å². The van der Waals surface area contributed by atoms with Gasteiger partial charge in [0.2, 0.25) is 0 Å². The van der Waals surface area contributed by atoms with Crippen LogP contribution in [0.2, 0.25) is 0 Å². The predicted octanol–water partition coefficient (Wildman–Crippen LogP) is 2.59. The van der Waals surface area contributed by atoms with E-state index < -0.39 is 41.4 Å². The summed E-state index contributed by atoms with van der Waals surface area (Å²) in [6, 6.07) is 6.30. The zero-order chi connectivity index (χ0) is 17.0. The van der Waals surface area contributed by atoms with Crippen LogP contribution < -0.4 is 0 Å². The van der Waals surface area contributed by atoms with Crippen LogP contribution in [0, 0.1) is 5.92 Å². The Balaban J connectivity index is 3.06. The van der Waals surface area contributed by atoms with Gasteiger partial charge in [-0.15, -0.1) is 0 Å². The monoisotopic (exact) mass is 318 g/mol. The van der Waals surface area contributed by atoms with Gasteiger partial charge in [-0.3, -0.25) is 9.59 Å². The number of esters is 1. The molecule has 22 heavy (non-hydrogen) atoms. The lowest BCUT2D eigenvalue weighted by atomic mass is 9.85. The van der Waals surface area contributed by atoms with E-state index in [1.807, 2.05) is 0 Å². The molecule has 1 N–H and O–H groups in total. The molecule has 0 aliphatic heterocycles. The van der Waals surface area contributed by atoms with Crippen LogP contribution in [0.4, 0.5) is 13.2 Å². The second-order valence-electron chi connectivity index (χ2n) is 4.84. The molecule has 0 saturated carbocycles. The van der Waals surface area contributed by atoms with Crippen molar-refractivity contribution in [2.45, 2.75) is 32.0 Å². The largest absolute Gasteiger partial charge is 0.465 e. The van der Waals surface area contributed by atoms with Crippen molar-refractivity contribution < 1.29 is 32.6 Å². The lowest BCUT2D eigenvalue weighted by Crippen LogP contribution is -2.45. The highest BCUT2D eigenvalue weighted by Gasteiger charge is 2.56. The quantitative estimate of drug-likeness (QED) is 0.647. The fourth-order valence-electron chi connectivity index (χ4n) is 1.88. The minimum absolute atomic E-state index is 0.0126. The maximum Gasteiger partial charge on any atom is 0.421 e. The Kier molecular flexibility index (Phi) is 5.71. The number of carbonyl (C=O) groups is 2. The normalized spacial score (nSPS) is 15.7. The first kappa shape index (κ1) is 18.2. The number of rotatable bonds is 6. The van der Waals surface area contributed by atoms with Crippen molar-refractivity contribution in [1.29, 1.82) is 0 Å². The molecule has 1 unspecified atom stereocenters. The first-order chi connectivity index (χ1) is 10.1. The van der Waals surface area contributed by atoms with E-state index in [1.165, 1.54) is 25.1 Å². The molecule has 0 saturated heterocycles. The predicted molar refractivity (Wildman–Crippen MR) is 71.8 cm³/mol. The van der Waals surface area contributed by atoms with Crippen LogP contribution in [0.5, 0.6) is 0 Å². The number of ketones is 1. The van der Waals surface area contributed by atoms with Crippen LogP contribution in [0.15, 0.2) is 30.3 Å². The summed E-state index contributed by atoms with van der Waals surface area (Å²) in [5.74, 6) is -3.33.